The van der Waals surface area contributed by atoms with E-state index in [4.69, 9.17) is 32.7 Å². The standard InChI is InChI=1S/C23H30.C14H12O.C7H7BO4/c1-7-16-12-13-18-19(15-23(5,6)21(18)14-16)17-10-8-9-11-20(17)22(2,3)4;1-10-5-4-7-12-11-6-2-3-8-13(11)15-14(12)9-10;1-2-4(9)3(8)6(11)7(12)5(2)10/h8-14,19H,7,15H2,1-6H3;2-3,5-9H,4H2,1H3;9-12H,1H3. The zero-order valence-corrected chi connectivity index (χ0v) is 30.6. The Hall–Kier alpha value is -4.84. The lowest BCUT2D eigenvalue weighted by Crippen LogP contribution is -2.19. The molecule has 0 fully saturated rings. The molecule has 0 saturated carbocycles. The number of allylic oxidation sites excluding steroid dienone is 2. The van der Waals surface area contributed by atoms with E-state index >= 15 is 0 Å². The third-order valence-electron chi connectivity index (χ3n) is 9.94. The number of hydrogen-bond donors (Lipinski definition) is 4. The summed E-state index contributed by atoms with van der Waals surface area (Å²) in [5.41, 5.74) is 10.9. The van der Waals surface area contributed by atoms with E-state index in [1.807, 2.05) is 12.1 Å². The van der Waals surface area contributed by atoms with Gasteiger partial charge in [-0.2, -0.15) is 0 Å². The van der Waals surface area contributed by atoms with Crippen molar-refractivity contribution in [1.82, 2.24) is 0 Å². The van der Waals surface area contributed by atoms with Crippen LogP contribution in [-0.2, 0) is 17.3 Å². The Morgan fingerprint density at radius 2 is 1.50 bits per heavy atom. The summed E-state index contributed by atoms with van der Waals surface area (Å²) in [6.07, 6.45) is 9.87. The van der Waals surface area contributed by atoms with E-state index in [0.29, 0.717) is 5.92 Å². The first-order chi connectivity index (χ1) is 23.5. The lowest BCUT2D eigenvalue weighted by molar-refractivity contribution is 0.361. The minimum absolute atomic E-state index is 0.0304. The van der Waals surface area contributed by atoms with Gasteiger partial charge in [0.15, 0.2) is 17.2 Å². The maximum atomic E-state index is 9.14. The van der Waals surface area contributed by atoms with E-state index in [2.05, 4.69) is 121 Å². The predicted molar refractivity (Wildman–Crippen MR) is 206 cm³/mol. The number of aromatic hydroxyl groups is 4. The molecule has 1 unspecified atom stereocenters. The number of phenolic OH excluding ortho intramolecular Hbond substituents is 4. The van der Waals surface area contributed by atoms with Crippen molar-refractivity contribution in [2.45, 2.75) is 91.4 Å². The van der Waals surface area contributed by atoms with Crippen molar-refractivity contribution in [1.29, 1.82) is 0 Å². The summed E-state index contributed by atoms with van der Waals surface area (Å²) in [5.74, 6) is -1.90. The second-order valence-corrected chi connectivity index (χ2v) is 15.1. The Labute approximate surface area is 297 Å². The molecule has 0 aliphatic heterocycles. The molecule has 0 amide bonds. The maximum Gasteiger partial charge on any atom is 0.200 e. The summed E-state index contributed by atoms with van der Waals surface area (Å²) in [5, 5.41) is 38.7. The third kappa shape index (κ3) is 7.21. The number of aryl methyl sites for hydroxylation is 1. The third-order valence-corrected chi connectivity index (χ3v) is 9.94. The molecule has 2 aliphatic carbocycles. The molecular formula is C44H49BO5. The van der Waals surface area contributed by atoms with Gasteiger partial charge in [-0.15, -0.1) is 0 Å². The highest BCUT2D eigenvalue weighted by atomic mass is 16.3. The smallest absolute Gasteiger partial charge is 0.200 e. The van der Waals surface area contributed by atoms with E-state index < -0.39 is 23.0 Å². The molecule has 1 aromatic heterocycles. The fourth-order valence-electron chi connectivity index (χ4n) is 7.08. The Morgan fingerprint density at radius 3 is 2.20 bits per heavy atom. The van der Waals surface area contributed by atoms with Gasteiger partial charge in [0.2, 0.25) is 0 Å². The number of phenols is 4. The largest absolute Gasteiger partial charge is 0.508 e. The number of rotatable bonds is 2. The quantitative estimate of drug-likeness (QED) is 0.0863. The van der Waals surface area contributed by atoms with Gasteiger partial charge in [-0.05, 0) is 89.4 Å². The van der Waals surface area contributed by atoms with Crippen LogP contribution in [0.2, 0.25) is 0 Å². The van der Waals surface area contributed by atoms with Crippen LogP contribution in [0.25, 0.3) is 23.1 Å². The molecule has 5 nitrogen and oxygen atoms in total. The molecule has 6 heteroatoms. The summed E-state index contributed by atoms with van der Waals surface area (Å²) in [4.78, 5) is 0. The molecular weight excluding hydrogens is 619 g/mol. The predicted octanol–water partition coefficient (Wildman–Crippen LogP) is 8.31. The Balaban J connectivity index is 0.000000155. The van der Waals surface area contributed by atoms with Gasteiger partial charge in [0.05, 0.1) is 0 Å². The van der Waals surface area contributed by atoms with Crippen molar-refractivity contribution in [3.63, 3.8) is 0 Å². The average molecular weight is 669 g/mol. The molecule has 1 atom stereocenters. The van der Waals surface area contributed by atoms with Gasteiger partial charge in [-0.1, -0.05) is 120 Å². The molecule has 258 valence electrons. The van der Waals surface area contributed by atoms with Crippen LogP contribution >= 0.6 is 0 Å². The van der Waals surface area contributed by atoms with Crippen LogP contribution < -0.4 is 16.1 Å². The topological polar surface area (TPSA) is 94.1 Å². The highest BCUT2D eigenvalue weighted by molar-refractivity contribution is 6.36. The van der Waals surface area contributed by atoms with Crippen LogP contribution in [0.3, 0.4) is 0 Å². The molecule has 2 aliphatic rings. The number of fused-ring (bicyclic) bond motifs is 4. The number of benzene rings is 4. The van der Waals surface area contributed by atoms with Crippen LogP contribution in [0.4, 0.5) is 0 Å². The van der Waals surface area contributed by atoms with Gasteiger partial charge in [0.25, 0.3) is 0 Å². The van der Waals surface area contributed by atoms with E-state index in [1.54, 1.807) is 11.1 Å². The second kappa shape index (κ2) is 14.2. The second-order valence-electron chi connectivity index (χ2n) is 15.1. The SMILES string of the molecule is CC1=CCC=c2c(oc3ccccc23)=C1.CCc1ccc2c(c1)C(C)(C)CC2c1ccccc1C(C)(C)C.[B]c1c(O)c(C)c(O)c(O)c1O. The Morgan fingerprint density at radius 1 is 0.820 bits per heavy atom. The van der Waals surface area contributed by atoms with E-state index in [-0.39, 0.29) is 21.9 Å². The normalized spacial score (nSPS) is 15.9. The van der Waals surface area contributed by atoms with Crippen LogP contribution in [-0.4, -0.2) is 28.3 Å². The minimum atomic E-state index is -0.720. The summed E-state index contributed by atoms with van der Waals surface area (Å²) in [6, 6.07) is 24.4. The summed E-state index contributed by atoms with van der Waals surface area (Å²) < 4.78 is 5.81. The Bertz CT molecular complexity index is 2090. The van der Waals surface area contributed by atoms with E-state index in [0.717, 1.165) is 23.8 Å². The van der Waals surface area contributed by atoms with Crippen molar-refractivity contribution in [3.05, 3.63) is 122 Å². The van der Waals surface area contributed by atoms with Crippen LogP contribution in [0, 0.1) is 6.92 Å². The molecule has 1 heterocycles. The summed E-state index contributed by atoms with van der Waals surface area (Å²) in [6.45, 7) is 17.5. The minimum Gasteiger partial charge on any atom is -0.508 e. The molecule has 7 rings (SSSR count). The fraction of sp³-hybridized carbons (Fsp3) is 0.318. The molecule has 4 N–H and O–H groups in total. The van der Waals surface area contributed by atoms with Crippen molar-refractivity contribution < 1.29 is 24.8 Å². The van der Waals surface area contributed by atoms with Crippen molar-refractivity contribution in [2.24, 2.45) is 0 Å². The van der Waals surface area contributed by atoms with Gasteiger partial charge in [0.1, 0.15) is 24.6 Å². The van der Waals surface area contributed by atoms with Crippen LogP contribution in [0.5, 0.6) is 23.0 Å². The van der Waals surface area contributed by atoms with Crippen LogP contribution in [0.1, 0.15) is 101 Å². The summed E-state index contributed by atoms with van der Waals surface area (Å²) in [7, 11) is 5.18. The first-order valence-electron chi connectivity index (χ1n) is 17.4. The van der Waals surface area contributed by atoms with Crippen molar-refractivity contribution in [2.75, 3.05) is 0 Å². The molecule has 5 aromatic rings. The van der Waals surface area contributed by atoms with Gasteiger partial charge in [0, 0.05) is 22.1 Å². The maximum absolute atomic E-state index is 9.14. The molecule has 50 heavy (non-hydrogen) atoms. The molecule has 0 bridgehead atoms. The lowest BCUT2D eigenvalue weighted by Gasteiger charge is -2.27. The van der Waals surface area contributed by atoms with Crippen LogP contribution in [0.15, 0.2) is 82.8 Å². The van der Waals surface area contributed by atoms with E-state index in [1.165, 1.54) is 46.2 Å². The lowest BCUT2D eigenvalue weighted by atomic mass is 9.77. The molecule has 0 spiro atoms. The monoisotopic (exact) mass is 668 g/mol. The first kappa shape index (κ1) is 36.4. The number of hydrogen-bond acceptors (Lipinski definition) is 5. The van der Waals surface area contributed by atoms with Gasteiger partial charge >= 0.3 is 0 Å². The van der Waals surface area contributed by atoms with Gasteiger partial charge in [-0.25, -0.2) is 0 Å². The van der Waals surface area contributed by atoms with Gasteiger partial charge in [-0.3, -0.25) is 0 Å². The van der Waals surface area contributed by atoms with Gasteiger partial charge < -0.3 is 24.8 Å². The molecule has 0 saturated heterocycles. The Kier molecular flexibility index (Phi) is 10.3. The highest BCUT2D eigenvalue weighted by Gasteiger charge is 2.39. The van der Waals surface area contributed by atoms with Crippen molar-refractivity contribution in [3.8, 4) is 23.0 Å². The molecule has 2 radical (unpaired) electrons. The highest BCUT2D eigenvalue weighted by Crippen LogP contribution is 2.50. The zero-order valence-electron chi connectivity index (χ0n) is 30.6. The molecule has 4 aromatic carbocycles. The number of para-hydroxylation sites is 1. The van der Waals surface area contributed by atoms with Crippen molar-refractivity contribution >= 4 is 36.4 Å². The fourth-order valence-corrected chi connectivity index (χ4v) is 7.08. The van der Waals surface area contributed by atoms with E-state index in [9.17, 15) is 0 Å². The first-order valence-corrected chi connectivity index (χ1v) is 17.4. The number of furan rings is 1. The average Bonchev–Trinajstić information content (AvgIpc) is 3.50. The summed E-state index contributed by atoms with van der Waals surface area (Å²) >= 11 is 0. The zero-order chi connectivity index (χ0) is 36.5.